The van der Waals surface area contributed by atoms with E-state index >= 15 is 0 Å². The molecule has 2 rings (SSSR count). The van der Waals surface area contributed by atoms with Gasteiger partial charge in [0.25, 0.3) is 5.91 Å². The number of hydrogen-bond acceptors (Lipinski definition) is 4. The predicted octanol–water partition coefficient (Wildman–Crippen LogP) is 3.25. The molecule has 0 saturated heterocycles. The van der Waals surface area contributed by atoms with Crippen LogP contribution in [0.4, 0.5) is 5.69 Å². The SMILES string of the molecule is COc1ccc(C(=O)N(C)C2CCC(C)CC2)cc1[N+](=O)[O-]. The van der Waals surface area contributed by atoms with Crippen molar-refractivity contribution in [2.75, 3.05) is 14.2 Å². The summed E-state index contributed by atoms with van der Waals surface area (Å²) in [6.07, 6.45) is 4.21. The van der Waals surface area contributed by atoms with Crippen LogP contribution < -0.4 is 4.74 Å². The Morgan fingerprint density at radius 3 is 2.50 bits per heavy atom. The normalized spacial score (nSPS) is 21.2. The van der Waals surface area contributed by atoms with Gasteiger partial charge in [0, 0.05) is 24.7 Å². The van der Waals surface area contributed by atoms with Gasteiger partial charge in [-0.05, 0) is 43.7 Å². The maximum Gasteiger partial charge on any atom is 0.311 e. The summed E-state index contributed by atoms with van der Waals surface area (Å²) in [4.78, 5) is 24.8. The quantitative estimate of drug-likeness (QED) is 0.632. The first-order valence-electron chi connectivity index (χ1n) is 7.53. The van der Waals surface area contributed by atoms with Gasteiger partial charge in [-0.2, -0.15) is 0 Å². The minimum Gasteiger partial charge on any atom is -0.490 e. The molecule has 1 aromatic rings. The molecule has 6 heteroatoms. The fraction of sp³-hybridized carbons (Fsp3) is 0.562. The Balaban J connectivity index is 2.18. The van der Waals surface area contributed by atoms with Crippen LogP contribution in [0.15, 0.2) is 18.2 Å². The second-order valence-electron chi connectivity index (χ2n) is 5.97. The summed E-state index contributed by atoms with van der Waals surface area (Å²) in [7, 11) is 3.15. The molecule has 1 aliphatic carbocycles. The number of carbonyl (C=O) groups excluding carboxylic acids is 1. The van der Waals surface area contributed by atoms with Crippen molar-refractivity contribution in [3.05, 3.63) is 33.9 Å². The van der Waals surface area contributed by atoms with Gasteiger partial charge in [0.2, 0.25) is 0 Å². The van der Waals surface area contributed by atoms with Gasteiger partial charge in [0.15, 0.2) is 5.75 Å². The molecular formula is C16H22N2O4. The lowest BCUT2D eigenvalue weighted by Crippen LogP contribution is -2.39. The molecule has 1 aromatic carbocycles. The van der Waals surface area contributed by atoms with Gasteiger partial charge in [-0.1, -0.05) is 6.92 Å². The Kier molecular flexibility index (Phi) is 5.00. The molecular weight excluding hydrogens is 284 g/mol. The van der Waals surface area contributed by atoms with Crippen LogP contribution in [0.3, 0.4) is 0 Å². The van der Waals surface area contributed by atoms with Crippen LogP contribution in [0, 0.1) is 16.0 Å². The molecule has 0 heterocycles. The van der Waals surface area contributed by atoms with Crippen LogP contribution in [-0.2, 0) is 0 Å². The molecule has 0 aromatic heterocycles. The molecule has 0 atom stereocenters. The minimum absolute atomic E-state index is 0.163. The molecule has 1 amide bonds. The van der Waals surface area contributed by atoms with Gasteiger partial charge in [-0.15, -0.1) is 0 Å². The number of rotatable bonds is 4. The Bertz CT molecular complexity index is 565. The molecule has 1 fully saturated rings. The van der Waals surface area contributed by atoms with Crippen LogP contribution in [0.5, 0.6) is 5.75 Å². The standard InChI is InChI=1S/C16H22N2O4/c1-11-4-7-13(8-5-11)17(2)16(19)12-6-9-15(22-3)14(10-12)18(20)21/h6,9-11,13H,4-5,7-8H2,1-3H3. The maximum atomic E-state index is 12.6. The largest absolute Gasteiger partial charge is 0.490 e. The first kappa shape index (κ1) is 16.3. The molecule has 6 nitrogen and oxygen atoms in total. The van der Waals surface area contributed by atoms with E-state index in [-0.39, 0.29) is 23.4 Å². The third kappa shape index (κ3) is 3.37. The summed E-state index contributed by atoms with van der Waals surface area (Å²) in [5, 5.41) is 11.1. The number of benzene rings is 1. The lowest BCUT2D eigenvalue weighted by molar-refractivity contribution is -0.385. The van der Waals surface area contributed by atoms with E-state index in [9.17, 15) is 14.9 Å². The molecule has 1 saturated carbocycles. The van der Waals surface area contributed by atoms with E-state index in [0.717, 1.165) is 25.7 Å². The highest BCUT2D eigenvalue weighted by molar-refractivity contribution is 5.95. The molecule has 0 bridgehead atoms. The van der Waals surface area contributed by atoms with Crippen LogP contribution in [-0.4, -0.2) is 35.9 Å². The van der Waals surface area contributed by atoms with Crippen LogP contribution in [0.25, 0.3) is 0 Å². The highest BCUT2D eigenvalue weighted by Gasteiger charge is 2.27. The highest BCUT2D eigenvalue weighted by atomic mass is 16.6. The van der Waals surface area contributed by atoms with Gasteiger partial charge < -0.3 is 9.64 Å². The number of nitro groups is 1. The van der Waals surface area contributed by atoms with E-state index in [0.29, 0.717) is 11.5 Å². The second kappa shape index (κ2) is 6.77. The summed E-state index contributed by atoms with van der Waals surface area (Å²) in [6, 6.07) is 4.56. The van der Waals surface area contributed by atoms with Crippen molar-refractivity contribution in [3.63, 3.8) is 0 Å². The Morgan fingerprint density at radius 1 is 1.32 bits per heavy atom. The minimum atomic E-state index is -0.530. The summed E-state index contributed by atoms with van der Waals surface area (Å²) in [5.74, 6) is 0.697. The van der Waals surface area contributed by atoms with E-state index in [1.54, 1.807) is 18.0 Å². The van der Waals surface area contributed by atoms with Gasteiger partial charge in [0.05, 0.1) is 12.0 Å². The Morgan fingerprint density at radius 2 is 1.95 bits per heavy atom. The number of nitro benzene ring substituents is 1. The van der Waals surface area contributed by atoms with E-state index in [1.165, 1.54) is 19.2 Å². The molecule has 1 aliphatic rings. The number of ether oxygens (including phenoxy) is 1. The summed E-state index contributed by atoms with van der Waals surface area (Å²) < 4.78 is 4.96. The number of methoxy groups -OCH3 is 1. The van der Waals surface area contributed by atoms with Crippen molar-refractivity contribution in [3.8, 4) is 5.75 Å². The molecule has 0 spiro atoms. The van der Waals surface area contributed by atoms with Crippen LogP contribution in [0.1, 0.15) is 43.0 Å². The Hall–Kier alpha value is -2.11. The fourth-order valence-electron chi connectivity index (χ4n) is 2.96. The second-order valence-corrected chi connectivity index (χ2v) is 5.97. The van der Waals surface area contributed by atoms with Crippen molar-refractivity contribution in [2.45, 2.75) is 38.6 Å². The zero-order chi connectivity index (χ0) is 16.3. The average molecular weight is 306 g/mol. The maximum absolute atomic E-state index is 12.6. The smallest absolute Gasteiger partial charge is 0.311 e. The first-order chi connectivity index (χ1) is 10.4. The third-order valence-electron chi connectivity index (χ3n) is 4.48. The van der Waals surface area contributed by atoms with Crippen LogP contribution in [0.2, 0.25) is 0 Å². The Labute approximate surface area is 130 Å². The van der Waals surface area contributed by atoms with Crippen molar-refractivity contribution >= 4 is 11.6 Å². The van der Waals surface area contributed by atoms with Crippen molar-refractivity contribution in [1.29, 1.82) is 0 Å². The lowest BCUT2D eigenvalue weighted by atomic mass is 9.86. The zero-order valence-electron chi connectivity index (χ0n) is 13.2. The van der Waals surface area contributed by atoms with Gasteiger partial charge >= 0.3 is 5.69 Å². The zero-order valence-corrected chi connectivity index (χ0v) is 13.2. The van der Waals surface area contributed by atoms with E-state index in [2.05, 4.69) is 6.92 Å². The highest BCUT2D eigenvalue weighted by Crippen LogP contribution is 2.30. The monoisotopic (exact) mass is 306 g/mol. The predicted molar refractivity (Wildman–Crippen MR) is 83.2 cm³/mol. The van der Waals surface area contributed by atoms with Crippen molar-refractivity contribution in [1.82, 2.24) is 4.90 Å². The van der Waals surface area contributed by atoms with Gasteiger partial charge in [0.1, 0.15) is 0 Å². The number of hydrogen-bond donors (Lipinski definition) is 0. The molecule has 120 valence electrons. The summed E-state index contributed by atoms with van der Waals surface area (Å²) in [5.41, 5.74) is 0.146. The third-order valence-corrected chi connectivity index (χ3v) is 4.48. The van der Waals surface area contributed by atoms with E-state index < -0.39 is 4.92 Å². The fourth-order valence-corrected chi connectivity index (χ4v) is 2.96. The van der Waals surface area contributed by atoms with Crippen molar-refractivity contribution in [2.24, 2.45) is 5.92 Å². The number of carbonyl (C=O) groups is 1. The molecule has 0 N–H and O–H groups in total. The lowest BCUT2D eigenvalue weighted by Gasteiger charge is -2.33. The van der Waals surface area contributed by atoms with E-state index in [1.807, 2.05) is 0 Å². The average Bonchev–Trinajstić information content (AvgIpc) is 2.53. The molecule has 0 radical (unpaired) electrons. The topological polar surface area (TPSA) is 72.7 Å². The first-order valence-corrected chi connectivity index (χ1v) is 7.53. The van der Waals surface area contributed by atoms with Gasteiger partial charge in [-0.25, -0.2) is 0 Å². The molecule has 0 aliphatic heterocycles. The summed E-state index contributed by atoms with van der Waals surface area (Å²) in [6.45, 7) is 2.23. The van der Waals surface area contributed by atoms with E-state index in [4.69, 9.17) is 4.74 Å². The van der Waals surface area contributed by atoms with Gasteiger partial charge in [-0.3, -0.25) is 14.9 Å². The number of nitrogens with zero attached hydrogens (tertiary/aromatic N) is 2. The summed E-state index contributed by atoms with van der Waals surface area (Å²) >= 11 is 0. The van der Waals surface area contributed by atoms with Crippen LogP contribution >= 0.6 is 0 Å². The molecule has 0 unspecified atom stereocenters. The van der Waals surface area contributed by atoms with Crippen molar-refractivity contribution < 1.29 is 14.5 Å². The molecule has 22 heavy (non-hydrogen) atoms. The number of amides is 1.